The zero-order chi connectivity index (χ0) is 8.27. The van der Waals surface area contributed by atoms with Crippen LogP contribution in [0, 0.1) is 5.82 Å². The lowest BCUT2D eigenvalue weighted by Gasteiger charge is -2.05. The molecule has 0 radical (unpaired) electrons. The summed E-state index contributed by atoms with van der Waals surface area (Å²) in [6.07, 6.45) is -1.34. The summed E-state index contributed by atoms with van der Waals surface area (Å²) in [7, 11) is 0. The molecule has 1 atom stereocenters. The zero-order valence-corrected chi connectivity index (χ0v) is 5.80. The van der Waals surface area contributed by atoms with Gasteiger partial charge in [0.25, 0.3) is 0 Å². The number of aliphatic hydroxyl groups is 1. The minimum absolute atomic E-state index is 0.00926. The van der Waals surface area contributed by atoms with E-state index in [9.17, 15) is 8.78 Å². The van der Waals surface area contributed by atoms with Crippen LogP contribution in [0.1, 0.15) is 11.7 Å². The Bertz CT molecular complexity index is 237. The first kappa shape index (κ1) is 8.14. The summed E-state index contributed by atoms with van der Waals surface area (Å²) < 4.78 is 24.5. The molecule has 0 bridgehead atoms. The molecule has 0 heterocycles. The van der Waals surface area contributed by atoms with Crippen LogP contribution in [0.3, 0.4) is 0 Å². The number of hydrogen-bond acceptors (Lipinski definition) is 1. The third kappa shape index (κ3) is 1.74. The molecule has 0 saturated carbocycles. The van der Waals surface area contributed by atoms with Gasteiger partial charge >= 0.3 is 0 Å². The molecular weight excluding hydrogens is 150 g/mol. The van der Waals surface area contributed by atoms with Crippen LogP contribution in [0.25, 0.3) is 0 Å². The van der Waals surface area contributed by atoms with Gasteiger partial charge in [-0.05, 0) is 6.07 Å². The van der Waals surface area contributed by atoms with E-state index < -0.39 is 18.6 Å². The van der Waals surface area contributed by atoms with Gasteiger partial charge in [0.15, 0.2) is 0 Å². The van der Waals surface area contributed by atoms with Crippen LogP contribution in [0.4, 0.5) is 8.78 Å². The molecule has 0 fully saturated rings. The Morgan fingerprint density at radius 2 is 2.00 bits per heavy atom. The minimum atomic E-state index is -1.34. The number of aliphatic hydroxyl groups excluding tert-OH is 1. The van der Waals surface area contributed by atoms with Crippen molar-refractivity contribution in [3.8, 4) is 0 Å². The lowest BCUT2D eigenvalue weighted by molar-refractivity contribution is 0.138. The number of benzene rings is 1. The highest BCUT2D eigenvalue weighted by molar-refractivity contribution is 5.19. The third-order valence-electron chi connectivity index (χ3n) is 1.41. The van der Waals surface area contributed by atoms with Crippen molar-refractivity contribution in [3.63, 3.8) is 0 Å². The molecule has 60 valence electrons. The minimum Gasteiger partial charge on any atom is -0.386 e. The molecule has 1 N–H and O–H groups in total. The van der Waals surface area contributed by atoms with Crippen LogP contribution >= 0.6 is 0 Å². The first-order valence-electron chi connectivity index (χ1n) is 3.24. The highest BCUT2D eigenvalue weighted by Gasteiger charge is 2.10. The van der Waals surface area contributed by atoms with Crippen molar-refractivity contribution in [1.82, 2.24) is 0 Å². The smallest absolute Gasteiger partial charge is 0.129 e. The van der Waals surface area contributed by atoms with Crippen LogP contribution in [-0.2, 0) is 0 Å². The van der Waals surface area contributed by atoms with E-state index in [-0.39, 0.29) is 5.56 Å². The molecule has 3 heteroatoms. The molecule has 0 amide bonds. The van der Waals surface area contributed by atoms with E-state index in [0.717, 1.165) is 0 Å². The maximum Gasteiger partial charge on any atom is 0.129 e. The second-order valence-electron chi connectivity index (χ2n) is 2.19. The maximum atomic E-state index is 12.7. The molecule has 1 aromatic rings. The first-order valence-corrected chi connectivity index (χ1v) is 3.24. The second-order valence-corrected chi connectivity index (χ2v) is 2.19. The van der Waals surface area contributed by atoms with Gasteiger partial charge in [-0.3, -0.25) is 0 Å². The van der Waals surface area contributed by atoms with E-state index in [1.54, 1.807) is 6.07 Å². The molecule has 0 saturated heterocycles. The molecule has 1 rings (SSSR count). The van der Waals surface area contributed by atoms with Gasteiger partial charge in [-0.2, -0.15) is 0 Å². The van der Waals surface area contributed by atoms with Crippen LogP contribution in [-0.4, -0.2) is 11.8 Å². The molecule has 11 heavy (non-hydrogen) atoms. The predicted molar refractivity (Wildman–Crippen MR) is 37.3 cm³/mol. The Labute approximate surface area is 63.3 Å². The third-order valence-corrected chi connectivity index (χ3v) is 1.41. The molecule has 1 aromatic carbocycles. The fraction of sp³-hybridized carbons (Fsp3) is 0.250. The van der Waals surface area contributed by atoms with Crippen LogP contribution in [0.5, 0.6) is 0 Å². The lowest BCUT2D eigenvalue weighted by Crippen LogP contribution is -2.01. The van der Waals surface area contributed by atoms with Crippen LogP contribution < -0.4 is 0 Å². The summed E-state index contributed by atoms with van der Waals surface area (Å²) in [5.74, 6) is -0.572. The summed E-state index contributed by atoms with van der Waals surface area (Å²) in [5, 5.41) is 8.90. The Balaban J connectivity index is 2.93. The number of rotatable bonds is 2. The van der Waals surface area contributed by atoms with E-state index in [1.807, 2.05) is 0 Å². The largest absolute Gasteiger partial charge is 0.386 e. The molecule has 0 unspecified atom stereocenters. The van der Waals surface area contributed by atoms with E-state index in [4.69, 9.17) is 5.11 Å². The van der Waals surface area contributed by atoms with Gasteiger partial charge in [0.05, 0.1) is 0 Å². The van der Waals surface area contributed by atoms with Gasteiger partial charge in [0.2, 0.25) is 0 Å². The van der Waals surface area contributed by atoms with Crippen LogP contribution in [0.2, 0.25) is 0 Å². The van der Waals surface area contributed by atoms with Crippen molar-refractivity contribution >= 4 is 0 Å². The molecular formula is C8H8F2O. The van der Waals surface area contributed by atoms with E-state index in [2.05, 4.69) is 0 Å². The highest BCUT2D eigenvalue weighted by Crippen LogP contribution is 2.16. The summed E-state index contributed by atoms with van der Waals surface area (Å²) >= 11 is 0. The van der Waals surface area contributed by atoms with Gasteiger partial charge in [-0.25, -0.2) is 8.78 Å². The van der Waals surface area contributed by atoms with Crippen molar-refractivity contribution in [1.29, 1.82) is 0 Å². The van der Waals surface area contributed by atoms with Crippen molar-refractivity contribution in [2.75, 3.05) is 6.67 Å². The number of halogens is 2. The Morgan fingerprint density at radius 1 is 1.36 bits per heavy atom. The van der Waals surface area contributed by atoms with E-state index in [1.165, 1.54) is 18.2 Å². The fourth-order valence-corrected chi connectivity index (χ4v) is 0.828. The molecule has 0 aromatic heterocycles. The standard InChI is InChI=1S/C8H8F2O/c9-5-8(11)6-3-1-2-4-7(6)10/h1-4,8,11H,5H2/t8-/m0/s1. The molecule has 0 aliphatic carbocycles. The van der Waals surface area contributed by atoms with Crippen molar-refractivity contribution < 1.29 is 13.9 Å². The van der Waals surface area contributed by atoms with Gasteiger partial charge in [-0.15, -0.1) is 0 Å². The van der Waals surface area contributed by atoms with E-state index in [0.29, 0.717) is 0 Å². The Kier molecular flexibility index (Phi) is 2.54. The van der Waals surface area contributed by atoms with Gasteiger partial charge in [-0.1, -0.05) is 18.2 Å². The highest BCUT2D eigenvalue weighted by atomic mass is 19.1. The number of hydrogen-bond donors (Lipinski definition) is 1. The van der Waals surface area contributed by atoms with Crippen molar-refractivity contribution in [2.45, 2.75) is 6.10 Å². The van der Waals surface area contributed by atoms with Crippen molar-refractivity contribution in [2.24, 2.45) is 0 Å². The molecule has 0 aliphatic heterocycles. The fourth-order valence-electron chi connectivity index (χ4n) is 0.828. The zero-order valence-electron chi connectivity index (χ0n) is 5.80. The summed E-state index contributed by atoms with van der Waals surface area (Å²) in [6.45, 7) is -0.957. The van der Waals surface area contributed by atoms with Gasteiger partial charge < -0.3 is 5.11 Å². The summed E-state index contributed by atoms with van der Waals surface area (Å²) in [5.41, 5.74) is 0.00926. The monoisotopic (exact) mass is 158 g/mol. The average Bonchev–Trinajstić information content (AvgIpc) is 2.04. The Morgan fingerprint density at radius 3 is 2.55 bits per heavy atom. The van der Waals surface area contributed by atoms with Gasteiger partial charge in [0, 0.05) is 5.56 Å². The molecule has 1 nitrogen and oxygen atoms in total. The summed E-state index contributed by atoms with van der Waals surface area (Å²) in [4.78, 5) is 0. The van der Waals surface area contributed by atoms with Crippen LogP contribution in [0.15, 0.2) is 24.3 Å². The molecule has 0 spiro atoms. The normalized spacial score (nSPS) is 13.0. The van der Waals surface area contributed by atoms with Crippen molar-refractivity contribution in [3.05, 3.63) is 35.6 Å². The number of alkyl halides is 1. The summed E-state index contributed by atoms with van der Waals surface area (Å²) in [6, 6.07) is 5.59. The second kappa shape index (κ2) is 3.44. The molecule has 0 aliphatic rings. The lowest BCUT2D eigenvalue weighted by atomic mass is 10.1. The maximum absolute atomic E-state index is 12.7. The van der Waals surface area contributed by atoms with Gasteiger partial charge in [0.1, 0.15) is 18.6 Å². The van der Waals surface area contributed by atoms with E-state index >= 15 is 0 Å². The first-order chi connectivity index (χ1) is 5.25. The SMILES string of the molecule is O[C@@H](CF)c1ccccc1F. The predicted octanol–water partition coefficient (Wildman–Crippen LogP) is 1.83. The quantitative estimate of drug-likeness (QED) is 0.696. The average molecular weight is 158 g/mol. The Hall–Kier alpha value is -0.960. The topological polar surface area (TPSA) is 20.2 Å².